The lowest BCUT2D eigenvalue weighted by molar-refractivity contribution is 0.0377. The molecule has 4 rings (SSSR count). The highest BCUT2D eigenvalue weighted by atomic mass is 16.5. The maximum Gasteiger partial charge on any atom is 0.337 e. The Morgan fingerprint density at radius 3 is 2.81 bits per heavy atom. The van der Waals surface area contributed by atoms with Crippen LogP contribution in [0.3, 0.4) is 0 Å². The fourth-order valence-electron chi connectivity index (χ4n) is 3.76. The second kappa shape index (κ2) is 6.19. The minimum absolute atomic E-state index is 0.252. The van der Waals surface area contributed by atoms with Crippen molar-refractivity contribution in [1.29, 1.82) is 0 Å². The molecule has 0 radical (unpaired) electrons. The number of amides is 2. The molecule has 2 bridgehead atoms. The minimum atomic E-state index is -0.862. The summed E-state index contributed by atoms with van der Waals surface area (Å²) >= 11 is 0. The quantitative estimate of drug-likeness (QED) is 0.842. The van der Waals surface area contributed by atoms with Gasteiger partial charge in [-0.3, -0.25) is 4.90 Å². The first-order valence-electron chi connectivity index (χ1n) is 8.61. The van der Waals surface area contributed by atoms with Crippen molar-refractivity contribution in [3.8, 4) is 11.5 Å². The lowest BCUT2D eigenvalue weighted by atomic mass is 9.89. The van der Waals surface area contributed by atoms with Crippen molar-refractivity contribution in [2.45, 2.75) is 25.1 Å². The van der Waals surface area contributed by atoms with E-state index in [4.69, 9.17) is 14.2 Å². The first kappa shape index (κ1) is 17.2. The van der Waals surface area contributed by atoms with Gasteiger partial charge in [-0.15, -0.1) is 0 Å². The number of nitrogens with zero attached hydrogens (tertiary/aromatic N) is 1. The minimum Gasteiger partial charge on any atom is -0.497 e. The van der Waals surface area contributed by atoms with Gasteiger partial charge in [0.2, 0.25) is 0 Å². The second-order valence-corrected chi connectivity index (χ2v) is 6.76. The summed E-state index contributed by atoms with van der Waals surface area (Å²) < 4.78 is 16.3. The number of hydrogen-bond donors (Lipinski definition) is 1. The SMILES string of the molecule is COC(=O)c1ccc2c(c1)[C@@H]1C[C@](C)(O2)N(c2cccc(OC)c2)C(=O)N1. The molecular formula is C20H20N2O5. The lowest BCUT2D eigenvalue weighted by Crippen LogP contribution is -2.65. The average Bonchev–Trinajstić information content (AvgIpc) is 2.66. The van der Waals surface area contributed by atoms with Crippen LogP contribution in [-0.4, -0.2) is 31.9 Å². The summed E-state index contributed by atoms with van der Waals surface area (Å²) in [5, 5.41) is 3.01. The molecule has 2 heterocycles. The summed E-state index contributed by atoms with van der Waals surface area (Å²) in [6.45, 7) is 1.88. The topological polar surface area (TPSA) is 77.1 Å². The number of carbonyl (C=O) groups is 2. The Morgan fingerprint density at radius 1 is 1.26 bits per heavy atom. The zero-order valence-corrected chi connectivity index (χ0v) is 15.3. The Kier molecular flexibility index (Phi) is 3.95. The fraction of sp³-hybridized carbons (Fsp3) is 0.300. The number of methoxy groups -OCH3 is 2. The number of nitrogens with one attached hydrogen (secondary N) is 1. The molecule has 2 aliphatic heterocycles. The van der Waals surface area contributed by atoms with Crippen molar-refractivity contribution in [3.63, 3.8) is 0 Å². The van der Waals surface area contributed by atoms with Crippen LogP contribution in [0.5, 0.6) is 11.5 Å². The third kappa shape index (κ3) is 2.75. The van der Waals surface area contributed by atoms with Crippen LogP contribution in [0.2, 0.25) is 0 Å². The van der Waals surface area contributed by atoms with E-state index < -0.39 is 11.7 Å². The molecule has 2 aliphatic rings. The molecule has 1 N–H and O–H groups in total. The normalized spacial score (nSPS) is 23.0. The molecule has 0 aliphatic carbocycles. The van der Waals surface area contributed by atoms with Crippen molar-refractivity contribution in [1.82, 2.24) is 5.32 Å². The molecule has 0 unspecified atom stereocenters. The zero-order chi connectivity index (χ0) is 19.2. The van der Waals surface area contributed by atoms with Crippen molar-refractivity contribution in [3.05, 3.63) is 53.6 Å². The Hall–Kier alpha value is -3.22. The van der Waals surface area contributed by atoms with Gasteiger partial charge in [-0.1, -0.05) is 6.07 Å². The molecule has 0 spiro atoms. The summed E-state index contributed by atoms with van der Waals surface area (Å²) in [6.07, 6.45) is 0.535. The van der Waals surface area contributed by atoms with Crippen LogP contribution in [0.25, 0.3) is 0 Å². The lowest BCUT2D eigenvalue weighted by Gasteiger charge is -2.50. The molecule has 140 valence electrons. The highest BCUT2D eigenvalue weighted by Crippen LogP contribution is 2.46. The van der Waals surface area contributed by atoms with Gasteiger partial charge in [0.05, 0.1) is 31.5 Å². The Labute approximate surface area is 156 Å². The van der Waals surface area contributed by atoms with Gasteiger partial charge in [0.1, 0.15) is 11.5 Å². The molecule has 7 heteroatoms. The monoisotopic (exact) mass is 368 g/mol. The van der Waals surface area contributed by atoms with Gasteiger partial charge in [-0.25, -0.2) is 9.59 Å². The maximum atomic E-state index is 12.9. The third-order valence-corrected chi connectivity index (χ3v) is 5.00. The number of rotatable bonds is 3. The largest absolute Gasteiger partial charge is 0.497 e. The summed E-state index contributed by atoms with van der Waals surface area (Å²) in [6, 6.07) is 11.9. The number of anilines is 1. The Balaban J connectivity index is 1.75. The molecule has 2 atom stereocenters. The first-order valence-corrected chi connectivity index (χ1v) is 8.61. The summed E-state index contributed by atoms with van der Waals surface area (Å²) in [5.41, 5.74) is 1.02. The van der Waals surface area contributed by atoms with Gasteiger partial charge in [0, 0.05) is 18.1 Å². The van der Waals surface area contributed by atoms with Crippen LogP contribution in [0.4, 0.5) is 10.5 Å². The van der Waals surface area contributed by atoms with Gasteiger partial charge in [-0.2, -0.15) is 0 Å². The number of urea groups is 1. The number of hydrogen-bond acceptors (Lipinski definition) is 5. The molecule has 0 saturated carbocycles. The summed E-state index contributed by atoms with van der Waals surface area (Å²) in [7, 11) is 2.92. The van der Waals surface area contributed by atoms with E-state index >= 15 is 0 Å². The maximum absolute atomic E-state index is 12.9. The van der Waals surface area contributed by atoms with Crippen LogP contribution < -0.4 is 19.7 Å². The van der Waals surface area contributed by atoms with E-state index in [2.05, 4.69) is 5.32 Å². The van der Waals surface area contributed by atoms with Crippen LogP contribution >= 0.6 is 0 Å². The van der Waals surface area contributed by atoms with Crippen molar-refractivity contribution in [2.24, 2.45) is 0 Å². The molecule has 2 amide bonds. The number of esters is 1. The number of benzene rings is 2. The molecule has 27 heavy (non-hydrogen) atoms. The van der Waals surface area contributed by atoms with E-state index in [1.54, 1.807) is 36.3 Å². The molecule has 2 aromatic rings. The van der Waals surface area contributed by atoms with E-state index in [1.807, 2.05) is 25.1 Å². The second-order valence-electron chi connectivity index (χ2n) is 6.76. The predicted octanol–water partition coefficient (Wildman–Crippen LogP) is 3.25. The van der Waals surface area contributed by atoms with E-state index in [-0.39, 0.29) is 12.1 Å². The molecule has 2 aromatic carbocycles. The van der Waals surface area contributed by atoms with Crippen molar-refractivity contribution in [2.75, 3.05) is 19.1 Å². The van der Waals surface area contributed by atoms with Crippen LogP contribution in [0.1, 0.15) is 35.3 Å². The van der Waals surface area contributed by atoms with Crippen LogP contribution in [0.15, 0.2) is 42.5 Å². The fourth-order valence-corrected chi connectivity index (χ4v) is 3.76. The highest BCUT2D eigenvalue weighted by molar-refractivity contribution is 5.95. The summed E-state index contributed by atoms with van der Waals surface area (Å²) in [4.78, 5) is 26.3. The number of fused-ring (bicyclic) bond motifs is 4. The Morgan fingerprint density at radius 2 is 2.07 bits per heavy atom. The third-order valence-electron chi connectivity index (χ3n) is 5.00. The van der Waals surface area contributed by atoms with E-state index in [0.29, 0.717) is 29.2 Å². The van der Waals surface area contributed by atoms with Crippen LogP contribution in [0, 0.1) is 0 Å². The first-order chi connectivity index (χ1) is 12.9. The molecular weight excluding hydrogens is 348 g/mol. The van der Waals surface area contributed by atoms with Gasteiger partial charge < -0.3 is 19.5 Å². The molecule has 0 aromatic heterocycles. The zero-order valence-electron chi connectivity index (χ0n) is 15.3. The molecule has 7 nitrogen and oxygen atoms in total. The van der Waals surface area contributed by atoms with E-state index in [0.717, 1.165) is 5.56 Å². The summed E-state index contributed by atoms with van der Waals surface area (Å²) in [5.74, 6) is 0.866. The smallest absolute Gasteiger partial charge is 0.337 e. The van der Waals surface area contributed by atoms with Gasteiger partial charge in [0.25, 0.3) is 0 Å². The van der Waals surface area contributed by atoms with Gasteiger partial charge >= 0.3 is 12.0 Å². The van der Waals surface area contributed by atoms with Gasteiger partial charge in [-0.05, 0) is 37.3 Å². The predicted molar refractivity (Wildman–Crippen MR) is 98.2 cm³/mol. The standard InChI is InChI=1S/C20H20N2O5/c1-20-11-16(15-9-12(18(23)26-3)7-8-17(15)27-20)21-19(24)22(20)13-5-4-6-14(10-13)25-2/h4-10,16H,11H2,1-3H3,(H,21,24)/t16-,20-/m0/s1. The highest BCUT2D eigenvalue weighted by Gasteiger charge is 2.50. The van der Waals surface area contributed by atoms with Crippen LogP contribution in [-0.2, 0) is 4.74 Å². The van der Waals surface area contributed by atoms with Gasteiger partial charge in [0.15, 0.2) is 5.72 Å². The molecule has 1 fully saturated rings. The van der Waals surface area contributed by atoms with E-state index in [9.17, 15) is 9.59 Å². The Bertz CT molecular complexity index is 928. The van der Waals surface area contributed by atoms with Crippen molar-refractivity contribution < 1.29 is 23.8 Å². The number of ether oxygens (including phenoxy) is 3. The average molecular weight is 368 g/mol. The van der Waals surface area contributed by atoms with E-state index in [1.165, 1.54) is 7.11 Å². The molecule has 1 saturated heterocycles. The van der Waals surface area contributed by atoms with Crippen molar-refractivity contribution >= 4 is 17.7 Å². The number of carbonyl (C=O) groups excluding carboxylic acids is 2.